The molecule has 1 amide bonds. The van der Waals surface area contributed by atoms with Crippen LogP contribution in [0.5, 0.6) is 5.75 Å². The van der Waals surface area contributed by atoms with Gasteiger partial charge in [0.05, 0.1) is 5.02 Å². The molecule has 0 spiro atoms. The fraction of sp³-hybridized carbons (Fsp3) is 0.409. The predicted octanol–water partition coefficient (Wildman–Crippen LogP) is 4.54. The number of piperidine rings is 1. The SMILES string of the molecule is NC(=O)CCC1CCCN(Cc2ccccc2OCc2c(F)cccc2Cl)C1. The minimum absolute atomic E-state index is 0.0871. The van der Waals surface area contributed by atoms with Gasteiger partial charge in [0.1, 0.15) is 18.2 Å². The summed E-state index contributed by atoms with van der Waals surface area (Å²) in [4.78, 5) is 13.4. The van der Waals surface area contributed by atoms with Crippen LogP contribution in [0.4, 0.5) is 4.39 Å². The second-order valence-electron chi connectivity index (χ2n) is 7.34. The van der Waals surface area contributed by atoms with Crippen LogP contribution in [-0.4, -0.2) is 23.9 Å². The molecule has 0 aliphatic carbocycles. The van der Waals surface area contributed by atoms with Gasteiger partial charge in [-0.1, -0.05) is 35.9 Å². The quantitative estimate of drug-likeness (QED) is 0.702. The largest absolute Gasteiger partial charge is 0.488 e. The summed E-state index contributed by atoms with van der Waals surface area (Å²) in [5.41, 5.74) is 6.71. The van der Waals surface area contributed by atoms with Crippen molar-refractivity contribution >= 4 is 17.5 Å². The molecule has 1 aliphatic rings. The highest BCUT2D eigenvalue weighted by molar-refractivity contribution is 6.31. The van der Waals surface area contributed by atoms with Crippen molar-refractivity contribution in [1.29, 1.82) is 0 Å². The highest BCUT2D eigenvalue weighted by atomic mass is 35.5. The van der Waals surface area contributed by atoms with Gasteiger partial charge in [-0.3, -0.25) is 9.69 Å². The van der Waals surface area contributed by atoms with Crippen LogP contribution in [0.25, 0.3) is 0 Å². The average molecular weight is 405 g/mol. The van der Waals surface area contributed by atoms with Crippen LogP contribution >= 0.6 is 11.6 Å². The molecule has 2 N–H and O–H groups in total. The molecule has 2 aromatic rings. The highest BCUT2D eigenvalue weighted by Gasteiger charge is 2.21. The molecule has 3 rings (SSSR count). The number of likely N-dealkylation sites (tertiary alicyclic amines) is 1. The first-order valence-corrected chi connectivity index (χ1v) is 10.0. The first kappa shape index (κ1) is 20.6. The normalized spacial score (nSPS) is 17.4. The Labute approximate surface area is 170 Å². The molecule has 1 atom stereocenters. The molecule has 0 aromatic heterocycles. The maximum Gasteiger partial charge on any atom is 0.217 e. The molecule has 4 nitrogen and oxygen atoms in total. The number of rotatable bonds is 8. The number of nitrogens with two attached hydrogens (primary N) is 1. The van der Waals surface area contributed by atoms with E-state index in [2.05, 4.69) is 4.90 Å². The molecule has 1 heterocycles. The van der Waals surface area contributed by atoms with Gasteiger partial charge in [0.15, 0.2) is 0 Å². The van der Waals surface area contributed by atoms with E-state index in [1.807, 2.05) is 24.3 Å². The van der Waals surface area contributed by atoms with Crippen molar-refractivity contribution < 1.29 is 13.9 Å². The maximum atomic E-state index is 14.0. The summed E-state index contributed by atoms with van der Waals surface area (Å²) >= 11 is 6.10. The van der Waals surface area contributed by atoms with Gasteiger partial charge in [-0.2, -0.15) is 0 Å². The molecular weight excluding hydrogens is 379 g/mol. The van der Waals surface area contributed by atoms with Crippen molar-refractivity contribution in [3.05, 3.63) is 64.4 Å². The second-order valence-corrected chi connectivity index (χ2v) is 7.75. The van der Waals surface area contributed by atoms with Gasteiger partial charge in [-0.05, 0) is 49.9 Å². The van der Waals surface area contributed by atoms with E-state index < -0.39 is 0 Å². The molecule has 1 aliphatic heterocycles. The molecule has 0 bridgehead atoms. The van der Waals surface area contributed by atoms with Crippen LogP contribution in [0.3, 0.4) is 0 Å². The summed E-state index contributed by atoms with van der Waals surface area (Å²) < 4.78 is 19.9. The number of carbonyl (C=O) groups is 1. The van der Waals surface area contributed by atoms with Crippen molar-refractivity contribution in [1.82, 2.24) is 4.90 Å². The smallest absolute Gasteiger partial charge is 0.217 e. The minimum Gasteiger partial charge on any atom is -0.488 e. The molecule has 1 unspecified atom stereocenters. The predicted molar refractivity (Wildman–Crippen MR) is 109 cm³/mol. The van der Waals surface area contributed by atoms with Crippen molar-refractivity contribution in [2.45, 2.75) is 38.8 Å². The number of hydrogen-bond donors (Lipinski definition) is 1. The molecule has 1 fully saturated rings. The summed E-state index contributed by atoms with van der Waals surface area (Å²) in [6, 6.07) is 12.5. The molecular formula is C22H26ClFN2O2. The number of ether oxygens (including phenoxy) is 1. The molecule has 0 radical (unpaired) electrons. The zero-order valence-corrected chi connectivity index (χ0v) is 16.6. The van der Waals surface area contributed by atoms with Crippen LogP contribution in [0, 0.1) is 11.7 Å². The van der Waals surface area contributed by atoms with Crippen LogP contribution in [0.1, 0.15) is 36.8 Å². The zero-order valence-electron chi connectivity index (χ0n) is 15.9. The standard InChI is InChI=1S/C22H26ClFN2O2/c23-19-7-3-8-20(24)18(19)15-28-21-9-2-1-6-17(21)14-26-12-4-5-16(13-26)10-11-22(25)27/h1-3,6-9,16H,4-5,10-15H2,(H2,25,27). The number of carbonyl (C=O) groups excluding carboxylic acids is 1. The molecule has 28 heavy (non-hydrogen) atoms. The number of halogens is 2. The topological polar surface area (TPSA) is 55.6 Å². The molecule has 0 saturated carbocycles. The van der Waals surface area contributed by atoms with Gasteiger partial charge in [-0.15, -0.1) is 0 Å². The van der Waals surface area contributed by atoms with Crippen molar-refractivity contribution in [3.8, 4) is 5.75 Å². The van der Waals surface area contributed by atoms with Gasteiger partial charge < -0.3 is 10.5 Å². The Morgan fingerprint density at radius 2 is 2.07 bits per heavy atom. The van der Waals surface area contributed by atoms with Crippen molar-refractivity contribution in [2.24, 2.45) is 11.7 Å². The third-order valence-corrected chi connectivity index (χ3v) is 5.56. The van der Waals surface area contributed by atoms with E-state index in [1.54, 1.807) is 12.1 Å². The second kappa shape index (κ2) is 9.89. The Morgan fingerprint density at radius 1 is 1.25 bits per heavy atom. The van der Waals surface area contributed by atoms with Crippen LogP contribution in [-0.2, 0) is 17.9 Å². The van der Waals surface area contributed by atoms with E-state index in [0.29, 0.717) is 22.9 Å². The van der Waals surface area contributed by atoms with E-state index >= 15 is 0 Å². The lowest BCUT2D eigenvalue weighted by molar-refractivity contribution is -0.118. The van der Waals surface area contributed by atoms with Crippen LogP contribution < -0.4 is 10.5 Å². The average Bonchev–Trinajstić information content (AvgIpc) is 2.67. The summed E-state index contributed by atoms with van der Waals surface area (Å²) in [5.74, 6) is 0.633. The highest BCUT2D eigenvalue weighted by Crippen LogP contribution is 2.27. The van der Waals surface area contributed by atoms with Crippen molar-refractivity contribution in [3.63, 3.8) is 0 Å². The van der Waals surface area contributed by atoms with E-state index in [0.717, 1.165) is 50.2 Å². The monoisotopic (exact) mass is 404 g/mol. The van der Waals surface area contributed by atoms with Crippen LogP contribution in [0.15, 0.2) is 42.5 Å². The number of amides is 1. The number of benzene rings is 2. The molecule has 2 aromatic carbocycles. The molecule has 1 saturated heterocycles. The Hall–Kier alpha value is -2.11. The van der Waals surface area contributed by atoms with Crippen molar-refractivity contribution in [2.75, 3.05) is 13.1 Å². The third kappa shape index (κ3) is 5.69. The van der Waals surface area contributed by atoms with Crippen LogP contribution in [0.2, 0.25) is 5.02 Å². The zero-order chi connectivity index (χ0) is 19.9. The summed E-state index contributed by atoms with van der Waals surface area (Å²) in [7, 11) is 0. The Balaban J connectivity index is 1.63. The Bertz CT molecular complexity index is 795. The first-order valence-electron chi connectivity index (χ1n) is 9.67. The van der Waals surface area contributed by atoms with Gasteiger partial charge in [0.25, 0.3) is 0 Å². The number of nitrogens with zero attached hydrogens (tertiary/aromatic N) is 1. The summed E-state index contributed by atoms with van der Waals surface area (Å²) in [6.45, 7) is 2.80. The lowest BCUT2D eigenvalue weighted by atomic mass is 9.93. The van der Waals surface area contributed by atoms with E-state index in [-0.39, 0.29) is 18.3 Å². The number of hydrogen-bond acceptors (Lipinski definition) is 3. The first-order chi connectivity index (χ1) is 13.5. The number of para-hydroxylation sites is 1. The minimum atomic E-state index is -0.363. The third-order valence-electron chi connectivity index (χ3n) is 5.20. The summed E-state index contributed by atoms with van der Waals surface area (Å²) in [6.07, 6.45) is 3.53. The lowest BCUT2D eigenvalue weighted by Gasteiger charge is -2.33. The van der Waals surface area contributed by atoms with Gasteiger partial charge in [-0.25, -0.2) is 4.39 Å². The summed E-state index contributed by atoms with van der Waals surface area (Å²) in [5, 5.41) is 0.366. The van der Waals surface area contributed by atoms with E-state index in [9.17, 15) is 9.18 Å². The van der Waals surface area contributed by atoms with E-state index in [4.69, 9.17) is 22.1 Å². The van der Waals surface area contributed by atoms with E-state index in [1.165, 1.54) is 6.07 Å². The maximum absolute atomic E-state index is 14.0. The number of primary amides is 1. The molecule has 150 valence electrons. The Morgan fingerprint density at radius 3 is 2.86 bits per heavy atom. The fourth-order valence-corrected chi connectivity index (χ4v) is 3.93. The Kier molecular flexibility index (Phi) is 7.29. The fourth-order valence-electron chi connectivity index (χ4n) is 3.71. The lowest BCUT2D eigenvalue weighted by Crippen LogP contribution is -2.35. The molecule has 6 heteroatoms. The van der Waals surface area contributed by atoms with Gasteiger partial charge in [0.2, 0.25) is 5.91 Å². The van der Waals surface area contributed by atoms with Gasteiger partial charge >= 0.3 is 0 Å². The van der Waals surface area contributed by atoms with Gasteiger partial charge in [0, 0.05) is 30.6 Å².